The van der Waals surface area contributed by atoms with E-state index in [9.17, 15) is 22.4 Å². The second kappa shape index (κ2) is 9.49. The number of amides is 1. The number of primary amides is 1. The van der Waals surface area contributed by atoms with E-state index in [0.717, 1.165) is 23.3 Å². The summed E-state index contributed by atoms with van der Waals surface area (Å²) in [7, 11) is -4.06. The van der Waals surface area contributed by atoms with Crippen LogP contribution >= 0.6 is 0 Å². The Morgan fingerprint density at radius 3 is 2.38 bits per heavy atom. The van der Waals surface area contributed by atoms with E-state index in [0.29, 0.717) is 55.4 Å². The first-order valence-electron chi connectivity index (χ1n) is 12.8. The first-order valence-corrected chi connectivity index (χ1v) is 14.2. The van der Waals surface area contributed by atoms with Crippen molar-refractivity contribution in [2.24, 2.45) is 5.73 Å². The minimum atomic E-state index is -4.06. The highest BCUT2D eigenvalue weighted by molar-refractivity contribution is 7.90. The Bertz CT molecular complexity index is 1780. The third kappa shape index (κ3) is 4.33. The van der Waals surface area contributed by atoms with E-state index in [1.54, 1.807) is 12.3 Å². The summed E-state index contributed by atoms with van der Waals surface area (Å²) in [5, 5.41) is 0.337. The number of carbonyl (C=O) groups excluding carboxylic acids is 2. The SMILES string of the molecule is NC(=O)C1(c2ccc(-c3cnc4[nH]cc(C(=O)c5c(F)ccc(NS(=O)(=O)N6CCCC6)c5F)c4c3)cc2)CC1. The highest BCUT2D eigenvalue weighted by atomic mass is 32.2. The predicted molar refractivity (Wildman–Crippen MR) is 145 cm³/mol. The molecule has 3 heterocycles. The lowest BCUT2D eigenvalue weighted by Crippen LogP contribution is -2.33. The van der Waals surface area contributed by atoms with Gasteiger partial charge in [-0.3, -0.25) is 14.3 Å². The van der Waals surface area contributed by atoms with Crippen LogP contribution in [0.2, 0.25) is 0 Å². The molecule has 4 aromatic rings. The fourth-order valence-electron chi connectivity index (χ4n) is 5.24. The van der Waals surface area contributed by atoms with Crippen molar-refractivity contribution in [3.8, 4) is 11.1 Å². The summed E-state index contributed by atoms with van der Waals surface area (Å²) in [5.41, 5.74) is 6.11. The maximum atomic E-state index is 15.5. The third-order valence-corrected chi connectivity index (χ3v) is 9.25. The number of hydrogen-bond acceptors (Lipinski definition) is 5. The van der Waals surface area contributed by atoms with Gasteiger partial charge in [-0.25, -0.2) is 13.8 Å². The monoisotopic (exact) mass is 565 g/mol. The summed E-state index contributed by atoms with van der Waals surface area (Å²) in [6.07, 6.45) is 5.70. The largest absolute Gasteiger partial charge is 0.369 e. The molecule has 1 amide bonds. The van der Waals surface area contributed by atoms with Crippen molar-refractivity contribution in [3.05, 3.63) is 83.2 Å². The van der Waals surface area contributed by atoms with Crippen molar-refractivity contribution in [2.45, 2.75) is 31.1 Å². The lowest BCUT2D eigenvalue weighted by Gasteiger charge is -2.18. The molecule has 2 aromatic heterocycles. The number of H-pyrrole nitrogens is 1. The smallest absolute Gasteiger partial charge is 0.301 e. The molecule has 12 heteroatoms. The molecule has 4 N–H and O–H groups in total. The molecular formula is C28H25F2N5O4S. The standard InChI is InChI=1S/C28H25F2N5O4S/c29-21-7-8-22(34-40(38,39)35-11-1-2-12-35)24(30)23(21)25(36)20-15-33-26-19(20)13-17(14-32-26)16-3-5-18(6-4-16)28(9-10-28)27(31)37/h3-8,13-15,34H,1-2,9-12H2,(H2,31,37)(H,32,33). The van der Waals surface area contributed by atoms with Crippen LogP contribution in [-0.4, -0.2) is 47.5 Å². The Kier molecular flexibility index (Phi) is 6.19. The summed E-state index contributed by atoms with van der Waals surface area (Å²) in [5.74, 6) is -3.74. The molecule has 0 spiro atoms. The van der Waals surface area contributed by atoms with Gasteiger partial charge in [0, 0.05) is 42.0 Å². The normalized spacial score (nSPS) is 16.8. The van der Waals surface area contributed by atoms with Gasteiger partial charge in [0.1, 0.15) is 11.5 Å². The summed E-state index contributed by atoms with van der Waals surface area (Å²) in [4.78, 5) is 32.5. The molecule has 1 saturated carbocycles. The Hall–Kier alpha value is -4.16. The summed E-state index contributed by atoms with van der Waals surface area (Å²) < 4.78 is 58.9. The number of nitrogens with one attached hydrogen (secondary N) is 2. The molecule has 2 fully saturated rings. The molecule has 206 valence electrons. The number of rotatable bonds is 8. The fraction of sp³-hybridized carbons (Fsp3) is 0.250. The zero-order valence-electron chi connectivity index (χ0n) is 21.2. The number of anilines is 1. The van der Waals surface area contributed by atoms with Gasteiger partial charge in [-0.05, 0) is 55.0 Å². The number of carbonyl (C=O) groups is 2. The Morgan fingerprint density at radius 2 is 1.73 bits per heavy atom. The average Bonchev–Trinajstić information content (AvgIpc) is 3.35. The number of aromatic nitrogens is 2. The zero-order valence-corrected chi connectivity index (χ0v) is 22.0. The molecule has 1 aliphatic carbocycles. The van der Waals surface area contributed by atoms with Crippen LogP contribution in [0.15, 0.2) is 54.9 Å². The van der Waals surface area contributed by atoms with Crippen LogP contribution in [-0.2, 0) is 20.4 Å². The van der Waals surface area contributed by atoms with Crippen LogP contribution in [0.3, 0.4) is 0 Å². The van der Waals surface area contributed by atoms with E-state index >= 15 is 4.39 Å². The van der Waals surface area contributed by atoms with Crippen molar-refractivity contribution < 1.29 is 26.8 Å². The van der Waals surface area contributed by atoms with Crippen molar-refractivity contribution in [1.29, 1.82) is 0 Å². The van der Waals surface area contributed by atoms with Crippen molar-refractivity contribution in [2.75, 3.05) is 17.8 Å². The molecule has 2 aliphatic rings. The van der Waals surface area contributed by atoms with Crippen LogP contribution in [0, 0.1) is 11.6 Å². The van der Waals surface area contributed by atoms with Gasteiger partial charge in [-0.2, -0.15) is 12.7 Å². The molecule has 0 atom stereocenters. The molecule has 40 heavy (non-hydrogen) atoms. The summed E-state index contributed by atoms with van der Waals surface area (Å²) >= 11 is 0. The van der Waals surface area contributed by atoms with Crippen LogP contribution in [0.1, 0.15) is 47.2 Å². The van der Waals surface area contributed by atoms with Crippen LogP contribution in [0.5, 0.6) is 0 Å². The maximum absolute atomic E-state index is 15.5. The number of halogens is 2. The van der Waals surface area contributed by atoms with Gasteiger partial charge in [-0.1, -0.05) is 24.3 Å². The van der Waals surface area contributed by atoms with Gasteiger partial charge < -0.3 is 10.7 Å². The number of ketones is 1. The second-order valence-electron chi connectivity index (χ2n) is 10.2. The van der Waals surface area contributed by atoms with Gasteiger partial charge in [0.05, 0.1) is 16.7 Å². The van der Waals surface area contributed by atoms with Crippen LogP contribution in [0.25, 0.3) is 22.2 Å². The maximum Gasteiger partial charge on any atom is 0.301 e. The lowest BCUT2D eigenvalue weighted by molar-refractivity contribution is -0.120. The number of nitrogens with two attached hydrogens (primary N) is 1. The topological polar surface area (TPSA) is 138 Å². The number of fused-ring (bicyclic) bond motifs is 1. The first-order chi connectivity index (χ1) is 19.1. The second-order valence-corrected chi connectivity index (χ2v) is 11.8. The summed E-state index contributed by atoms with van der Waals surface area (Å²) in [6.45, 7) is 0.590. The number of hydrogen-bond donors (Lipinski definition) is 3. The number of nitrogens with zero attached hydrogens (tertiary/aromatic N) is 2. The van der Waals surface area contributed by atoms with Gasteiger partial charge >= 0.3 is 10.2 Å². The lowest BCUT2D eigenvalue weighted by atomic mass is 9.93. The molecule has 0 radical (unpaired) electrons. The highest BCUT2D eigenvalue weighted by Gasteiger charge is 2.49. The van der Waals surface area contributed by atoms with E-state index in [1.165, 1.54) is 10.5 Å². The molecule has 9 nitrogen and oxygen atoms in total. The molecular weight excluding hydrogens is 540 g/mol. The van der Waals surface area contributed by atoms with E-state index in [2.05, 4.69) is 14.7 Å². The first kappa shape index (κ1) is 26.1. The molecule has 0 unspecified atom stereocenters. The Labute approximate surface area is 228 Å². The minimum absolute atomic E-state index is 0.0241. The zero-order chi connectivity index (χ0) is 28.2. The molecule has 2 aromatic carbocycles. The van der Waals surface area contributed by atoms with Crippen LogP contribution in [0.4, 0.5) is 14.5 Å². The van der Waals surface area contributed by atoms with Gasteiger partial charge in [0.15, 0.2) is 5.82 Å². The van der Waals surface area contributed by atoms with Crippen molar-refractivity contribution >= 4 is 38.6 Å². The molecule has 1 saturated heterocycles. The minimum Gasteiger partial charge on any atom is -0.369 e. The van der Waals surface area contributed by atoms with Crippen molar-refractivity contribution in [1.82, 2.24) is 14.3 Å². The fourth-order valence-corrected chi connectivity index (χ4v) is 6.54. The molecule has 1 aliphatic heterocycles. The van der Waals surface area contributed by atoms with Gasteiger partial charge in [0.25, 0.3) is 0 Å². The predicted octanol–water partition coefficient (Wildman–Crippen LogP) is 4.01. The van der Waals surface area contributed by atoms with E-state index in [1.807, 2.05) is 24.3 Å². The van der Waals surface area contributed by atoms with Gasteiger partial charge in [-0.15, -0.1) is 0 Å². The summed E-state index contributed by atoms with van der Waals surface area (Å²) in [6, 6.07) is 10.8. The quantitative estimate of drug-likeness (QED) is 0.277. The highest BCUT2D eigenvalue weighted by Crippen LogP contribution is 2.48. The van der Waals surface area contributed by atoms with E-state index < -0.39 is 44.3 Å². The van der Waals surface area contributed by atoms with E-state index in [4.69, 9.17) is 5.73 Å². The molecule has 6 rings (SSSR count). The van der Waals surface area contributed by atoms with E-state index in [-0.39, 0.29) is 11.5 Å². The molecule has 0 bridgehead atoms. The Morgan fingerprint density at radius 1 is 1.02 bits per heavy atom. The average molecular weight is 566 g/mol. The van der Waals surface area contributed by atoms with Crippen LogP contribution < -0.4 is 10.5 Å². The van der Waals surface area contributed by atoms with Crippen molar-refractivity contribution in [3.63, 3.8) is 0 Å². The number of pyridine rings is 1. The number of aromatic amines is 1. The Balaban J connectivity index is 1.33. The number of benzene rings is 2. The van der Waals surface area contributed by atoms with Gasteiger partial charge in [0.2, 0.25) is 11.7 Å². The third-order valence-electron chi connectivity index (χ3n) is 7.73.